The van der Waals surface area contributed by atoms with Gasteiger partial charge in [-0.3, -0.25) is 4.79 Å². The van der Waals surface area contributed by atoms with Gasteiger partial charge in [0.2, 0.25) is 5.91 Å². The summed E-state index contributed by atoms with van der Waals surface area (Å²) in [6.45, 7) is 11.3. The largest absolute Gasteiger partial charge is 0.497 e. The molecule has 0 saturated carbocycles. The molecule has 226 valence electrons. The summed E-state index contributed by atoms with van der Waals surface area (Å²) in [6.07, 6.45) is 3.10. The Morgan fingerprint density at radius 1 is 1.07 bits per heavy atom. The number of benzene rings is 1. The SMILES string of the molecule is COC(=O)[C@@H]1C[C@@H](Oc2cc(-n3cccn3)nc3cc(OC)ccc23)CN1C(=O)C(NC(=O)NC(C)(C)C)C(C)(C)C. The van der Waals surface area contributed by atoms with Gasteiger partial charge in [0.05, 0.1) is 26.3 Å². The lowest BCUT2D eigenvalue weighted by atomic mass is 9.85. The molecule has 1 aromatic carbocycles. The molecule has 42 heavy (non-hydrogen) atoms. The fourth-order valence-corrected chi connectivity index (χ4v) is 4.90. The number of urea groups is 1. The molecule has 0 bridgehead atoms. The molecule has 12 nitrogen and oxygen atoms in total. The van der Waals surface area contributed by atoms with Crippen LogP contribution in [-0.2, 0) is 14.3 Å². The summed E-state index contributed by atoms with van der Waals surface area (Å²) < 4.78 is 18.6. The molecule has 1 unspecified atom stereocenters. The van der Waals surface area contributed by atoms with E-state index in [-0.39, 0.29) is 13.0 Å². The molecule has 0 aliphatic carbocycles. The molecule has 1 fully saturated rings. The van der Waals surface area contributed by atoms with Crippen molar-refractivity contribution in [1.82, 2.24) is 30.3 Å². The van der Waals surface area contributed by atoms with Gasteiger partial charge in [0, 0.05) is 41.9 Å². The fourth-order valence-electron chi connectivity index (χ4n) is 4.90. The number of ether oxygens (including phenoxy) is 3. The van der Waals surface area contributed by atoms with Gasteiger partial charge in [-0.05, 0) is 44.4 Å². The standard InChI is InChI=1S/C30H40N6O6/c1-29(2,3)25(33-28(39)34-30(4,5)6)26(37)35-17-19(15-22(35)27(38)41-8)42-23-16-24(36-13-9-12-31-36)32-21-14-18(40-7)10-11-20(21)23/h9-14,16,19,22,25H,15,17H2,1-8H3,(H2,33,34,39)/t19-,22+,25?/m1/s1. The monoisotopic (exact) mass is 580 g/mol. The number of hydrogen-bond donors (Lipinski definition) is 2. The maximum Gasteiger partial charge on any atom is 0.328 e. The Kier molecular flexibility index (Phi) is 8.65. The second-order valence-corrected chi connectivity index (χ2v) is 12.5. The third kappa shape index (κ3) is 6.92. The topological polar surface area (TPSA) is 137 Å². The van der Waals surface area contributed by atoms with Crippen molar-refractivity contribution in [3.63, 3.8) is 0 Å². The van der Waals surface area contributed by atoms with Crippen molar-refractivity contribution in [1.29, 1.82) is 0 Å². The van der Waals surface area contributed by atoms with Crippen LogP contribution >= 0.6 is 0 Å². The molecule has 0 spiro atoms. The van der Waals surface area contributed by atoms with Gasteiger partial charge in [-0.25, -0.2) is 19.3 Å². The van der Waals surface area contributed by atoms with Gasteiger partial charge in [0.1, 0.15) is 29.7 Å². The lowest BCUT2D eigenvalue weighted by Crippen LogP contribution is -2.60. The predicted octanol–water partition coefficient (Wildman–Crippen LogP) is 3.46. The Hall–Kier alpha value is -4.35. The van der Waals surface area contributed by atoms with E-state index in [1.54, 1.807) is 42.4 Å². The van der Waals surface area contributed by atoms with E-state index < -0.39 is 47.0 Å². The summed E-state index contributed by atoms with van der Waals surface area (Å²) in [5.74, 6) is 0.745. The highest BCUT2D eigenvalue weighted by atomic mass is 16.5. The molecule has 1 aliphatic heterocycles. The maximum absolute atomic E-state index is 14.0. The van der Waals surface area contributed by atoms with E-state index in [4.69, 9.17) is 19.2 Å². The molecule has 3 heterocycles. The molecular weight excluding hydrogens is 540 g/mol. The number of nitrogens with one attached hydrogen (secondary N) is 2. The van der Waals surface area contributed by atoms with Crippen LogP contribution in [0.25, 0.3) is 16.7 Å². The normalized spacial score (nSPS) is 18.0. The highest BCUT2D eigenvalue weighted by Crippen LogP contribution is 2.33. The van der Waals surface area contributed by atoms with Crippen molar-refractivity contribution in [2.75, 3.05) is 20.8 Å². The van der Waals surface area contributed by atoms with Crippen LogP contribution in [0.4, 0.5) is 4.79 Å². The first kappa shape index (κ1) is 30.6. The number of carbonyl (C=O) groups is 3. The number of hydrogen-bond acceptors (Lipinski definition) is 8. The highest BCUT2D eigenvalue weighted by molar-refractivity contribution is 5.92. The number of methoxy groups -OCH3 is 2. The number of pyridine rings is 1. The first-order valence-corrected chi connectivity index (χ1v) is 13.8. The Labute approximate surface area is 245 Å². The number of likely N-dealkylation sites (tertiary alicyclic amines) is 1. The van der Waals surface area contributed by atoms with E-state index in [0.717, 1.165) is 5.39 Å². The van der Waals surface area contributed by atoms with Crippen molar-refractivity contribution in [2.24, 2.45) is 5.41 Å². The number of fused-ring (bicyclic) bond motifs is 1. The van der Waals surface area contributed by atoms with Gasteiger partial charge in [-0.1, -0.05) is 20.8 Å². The summed E-state index contributed by atoms with van der Waals surface area (Å²) in [5, 5.41) is 10.7. The molecule has 3 aromatic rings. The number of carbonyl (C=O) groups excluding carboxylic acids is 3. The Bertz CT molecular complexity index is 1440. The van der Waals surface area contributed by atoms with Crippen molar-refractivity contribution in [3.8, 4) is 17.3 Å². The molecule has 1 saturated heterocycles. The summed E-state index contributed by atoms with van der Waals surface area (Å²) in [4.78, 5) is 45.8. The minimum absolute atomic E-state index is 0.116. The first-order chi connectivity index (χ1) is 19.7. The van der Waals surface area contributed by atoms with Crippen LogP contribution in [0.1, 0.15) is 48.0 Å². The van der Waals surface area contributed by atoms with E-state index in [1.165, 1.54) is 12.0 Å². The zero-order valence-electron chi connectivity index (χ0n) is 25.4. The molecule has 1 aliphatic rings. The van der Waals surface area contributed by atoms with Gasteiger partial charge < -0.3 is 29.7 Å². The molecule has 3 atom stereocenters. The molecule has 3 amide bonds. The summed E-state index contributed by atoms with van der Waals surface area (Å²) in [7, 11) is 2.87. The third-order valence-corrected chi connectivity index (χ3v) is 6.89. The zero-order valence-corrected chi connectivity index (χ0v) is 25.4. The third-order valence-electron chi connectivity index (χ3n) is 6.89. The van der Waals surface area contributed by atoms with E-state index in [9.17, 15) is 14.4 Å². The highest BCUT2D eigenvalue weighted by Gasteiger charge is 2.46. The number of esters is 1. The van der Waals surface area contributed by atoms with Crippen LogP contribution in [-0.4, -0.2) is 82.1 Å². The van der Waals surface area contributed by atoms with Crippen molar-refractivity contribution < 1.29 is 28.6 Å². The summed E-state index contributed by atoms with van der Waals surface area (Å²) in [6, 6.07) is 6.77. The zero-order chi connectivity index (χ0) is 30.8. The van der Waals surface area contributed by atoms with Gasteiger partial charge in [0.25, 0.3) is 0 Å². The number of rotatable bonds is 7. The quantitative estimate of drug-likeness (QED) is 0.406. The van der Waals surface area contributed by atoms with Crippen LogP contribution in [0, 0.1) is 5.41 Å². The second-order valence-electron chi connectivity index (χ2n) is 12.5. The second kappa shape index (κ2) is 11.9. The van der Waals surface area contributed by atoms with Crippen molar-refractivity contribution in [3.05, 3.63) is 42.7 Å². The molecular formula is C30H40N6O6. The van der Waals surface area contributed by atoms with Gasteiger partial charge in [0.15, 0.2) is 5.82 Å². The maximum atomic E-state index is 14.0. The molecule has 2 N–H and O–H groups in total. The molecule has 12 heteroatoms. The summed E-state index contributed by atoms with van der Waals surface area (Å²) in [5.41, 5.74) is -0.511. The van der Waals surface area contributed by atoms with Crippen LogP contribution in [0.2, 0.25) is 0 Å². The summed E-state index contributed by atoms with van der Waals surface area (Å²) >= 11 is 0. The lowest BCUT2D eigenvalue weighted by Gasteiger charge is -2.35. The minimum Gasteiger partial charge on any atom is -0.497 e. The van der Waals surface area contributed by atoms with Crippen LogP contribution in [0.3, 0.4) is 0 Å². The average molecular weight is 581 g/mol. The molecule has 4 rings (SSSR count). The predicted molar refractivity (Wildman–Crippen MR) is 157 cm³/mol. The van der Waals surface area contributed by atoms with Gasteiger partial charge in [-0.15, -0.1) is 0 Å². The Morgan fingerprint density at radius 2 is 1.81 bits per heavy atom. The molecule has 2 aromatic heterocycles. The van der Waals surface area contributed by atoms with E-state index >= 15 is 0 Å². The average Bonchev–Trinajstić information content (AvgIpc) is 3.59. The fraction of sp³-hybridized carbons (Fsp3) is 0.500. The van der Waals surface area contributed by atoms with E-state index in [2.05, 4.69) is 15.7 Å². The van der Waals surface area contributed by atoms with Gasteiger partial charge >= 0.3 is 12.0 Å². The first-order valence-electron chi connectivity index (χ1n) is 13.8. The van der Waals surface area contributed by atoms with Crippen LogP contribution in [0.15, 0.2) is 42.7 Å². The Morgan fingerprint density at radius 3 is 2.40 bits per heavy atom. The van der Waals surface area contributed by atoms with E-state index in [1.807, 2.05) is 53.7 Å². The van der Waals surface area contributed by atoms with Crippen LogP contribution < -0.4 is 20.1 Å². The number of amides is 3. The van der Waals surface area contributed by atoms with Crippen molar-refractivity contribution >= 4 is 28.8 Å². The number of nitrogens with zero attached hydrogens (tertiary/aromatic N) is 4. The minimum atomic E-state index is -0.911. The Balaban J connectivity index is 1.65. The van der Waals surface area contributed by atoms with Crippen LogP contribution in [0.5, 0.6) is 11.5 Å². The lowest BCUT2D eigenvalue weighted by molar-refractivity contribution is -0.152. The van der Waals surface area contributed by atoms with Gasteiger partial charge in [-0.2, -0.15) is 5.10 Å². The smallest absolute Gasteiger partial charge is 0.328 e. The van der Waals surface area contributed by atoms with Crippen molar-refractivity contribution in [2.45, 2.75) is 71.7 Å². The van der Waals surface area contributed by atoms with E-state index in [0.29, 0.717) is 22.8 Å². The number of aromatic nitrogens is 3. The molecule has 0 radical (unpaired) electrons.